The molecule has 0 unspecified atom stereocenters. The predicted molar refractivity (Wildman–Crippen MR) is 116 cm³/mol. The van der Waals surface area contributed by atoms with E-state index >= 15 is 0 Å². The number of allylic oxidation sites excluding steroid dienone is 3. The standard InChI is InChI=1S/C24H29NO7/c1-7-32-24(28)19-13(3)25-16-10-12(2)18(23(27)31-6)22(26)21(16)20(19)15-9-8-14(29-4)11-17(15)30-5/h8-9,11-12,18,20,25H,7,10H2,1-6H3/t12-,18-,20-/m0/s1. The van der Waals surface area contributed by atoms with E-state index in [0.29, 0.717) is 46.0 Å². The molecular formula is C24H29NO7. The topological polar surface area (TPSA) is 100 Å². The molecule has 8 heteroatoms. The van der Waals surface area contributed by atoms with E-state index in [1.54, 1.807) is 39.2 Å². The van der Waals surface area contributed by atoms with Crippen LogP contribution in [0.2, 0.25) is 0 Å². The summed E-state index contributed by atoms with van der Waals surface area (Å²) in [7, 11) is 4.32. The summed E-state index contributed by atoms with van der Waals surface area (Å²) in [5.41, 5.74) is 2.56. The fourth-order valence-electron chi connectivity index (χ4n) is 4.53. The lowest BCUT2D eigenvalue weighted by Crippen LogP contribution is -2.43. The first-order chi connectivity index (χ1) is 15.3. The van der Waals surface area contributed by atoms with E-state index in [2.05, 4.69) is 5.32 Å². The van der Waals surface area contributed by atoms with Crippen LogP contribution in [0.5, 0.6) is 11.5 Å². The number of dihydropyridines is 1. The van der Waals surface area contributed by atoms with Gasteiger partial charge in [-0.15, -0.1) is 0 Å². The molecule has 0 saturated carbocycles. The second-order valence-electron chi connectivity index (χ2n) is 7.86. The van der Waals surface area contributed by atoms with Crippen molar-refractivity contribution in [3.05, 3.63) is 46.3 Å². The zero-order valence-corrected chi connectivity index (χ0v) is 19.2. The van der Waals surface area contributed by atoms with Crippen molar-refractivity contribution in [3.8, 4) is 11.5 Å². The Balaban J connectivity index is 2.25. The highest BCUT2D eigenvalue weighted by Crippen LogP contribution is 2.48. The van der Waals surface area contributed by atoms with E-state index in [-0.39, 0.29) is 18.3 Å². The largest absolute Gasteiger partial charge is 0.497 e. The summed E-state index contributed by atoms with van der Waals surface area (Å²) in [6.45, 7) is 5.52. The number of methoxy groups -OCH3 is 3. The molecule has 1 aliphatic carbocycles. The van der Waals surface area contributed by atoms with E-state index in [1.807, 2.05) is 6.92 Å². The minimum absolute atomic E-state index is 0.184. The van der Waals surface area contributed by atoms with Crippen molar-refractivity contribution in [3.63, 3.8) is 0 Å². The third-order valence-corrected chi connectivity index (χ3v) is 5.99. The lowest BCUT2D eigenvalue weighted by Gasteiger charge is -2.38. The summed E-state index contributed by atoms with van der Waals surface area (Å²) in [6.07, 6.45) is 0.462. The number of carbonyl (C=O) groups excluding carboxylic acids is 3. The van der Waals surface area contributed by atoms with Crippen molar-refractivity contribution in [2.24, 2.45) is 11.8 Å². The molecule has 8 nitrogen and oxygen atoms in total. The fraction of sp³-hybridized carbons (Fsp3) is 0.458. The van der Waals surface area contributed by atoms with Crippen LogP contribution < -0.4 is 14.8 Å². The summed E-state index contributed by atoms with van der Waals surface area (Å²) >= 11 is 0. The molecule has 1 heterocycles. The molecule has 3 rings (SSSR count). The van der Waals surface area contributed by atoms with E-state index in [9.17, 15) is 14.4 Å². The Labute approximate surface area is 187 Å². The Hall–Kier alpha value is -3.29. The normalized spacial score (nSPS) is 22.7. The van der Waals surface area contributed by atoms with E-state index < -0.39 is 23.8 Å². The SMILES string of the molecule is CCOC(=O)C1=C(C)NC2=C(C(=O)[C@@H](C(=O)OC)[C@@H](C)C2)[C@H]1c1ccc(OC)cc1OC. The first-order valence-corrected chi connectivity index (χ1v) is 10.5. The smallest absolute Gasteiger partial charge is 0.336 e. The summed E-state index contributed by atoms with van der Waals surface area (Å²) in [5.74, 6) is -2.42. The maximum absolute atomic E-state index is 13.7. The van der Waals surface area contributed by atoms with Gasteiger partial charge in [0.1, 0.15) is 17.4 Å². The number of hydrogen-bond acceptors (Lipinski definition) is 8. The van der Waals surface area contributed by atoms with Gasteiger partial charge in [0.15, 0.2) is 5.78 Å². The number of esters is 2. The number of carbonyl (C=O) groups is 3. The lowest BCUT2D eigenvalue weighted by molar-refractivity contribution is -0.151. The number of Topliss-reactive ketones (excluding diaryl/α,β-unsaturated/α-hetero) is 1. The zero-order chi connectivity index (χ0) is 23.6. The van der Waals surface area contributed by atoms with Gasteiger partial charge in [-0.25, -0.2) is 4.79 Å². The Morgan fingerprint density at radius 3 is 2.47 bits per heavy atom. The van der Waals surface area contributed by atoms with Gasteiger partial charge < -0.3 is 24.3 Å². The average Bonchev–Trinajstić information content (AvgIpc) is 2.77. The van der Waals surface area contributed by atoms with Gasteiger partial charge in [0, 0.05) is 28.6 Å². The summed E-state index contributed by atoms with van der Waals surface area (Å²) in [4.78, 5) is 39.2. The maximum Gasteiger partial charge on any atom is 0.336 e. The number of hydrogen-bond donors (Lipinski definition) is 1. The van der Waals surface area contributed by atoms with E-state index in [0.717, 1.165) is 0 Å². The highest BCUT2D eigenvalue weighted by molar-refractivity contribution is 6.12. The molecule has 32 heavy (non-hydrogen) atoms. The number of rotatable bonds is 6. The molecule has 1 aliphatic heterocycles. The summed E-state index contributed by atoms with van der Waals surface area (Å²) < 4.78 is 21.1. The predicted octanol–water partition coefficient (Wildman–Crippen LogP) is 2.88. The Morgan fingerprint density at radius 1 is 1.16 bits per heavy atom. The van der Waals surface area contributed by atoms with Crippen molar-refractivity contribution >= 4 is 17.7 Å². The quantitative estimate of drug-likeness (QED) is 0.529. The molecular weight excluding hydrogens is 414 g/mol. The van der Waals surface area contributed by atoms with Crippen molar-refractivity contribution < 1.29 is 33.3 Å². The zero-order valence-electron chi connectivity index (χ0n) is 19.2. The molecule has 1 aromatic carbocycles. The van der Waals surface area contributed by atoms with Crippen LogP contribution in [0.15, 0.2) is 40.7 Å². The Bertz CT molecular complexity index is 1010. The maximum atomic E-state index is 13.7. The molecule has 0 radical (unpaired) electrons. The number of ketones is 1. The van der Waals surface area contributed by atoms with Crippen LogP contribution in [0, 0.1) is 11.8 Å². The molecule has 0 amide bonds. The van der Waals surface area contributed by atoms with Gasteiger partial charge >= 0.3 is 11.9 Å². The lowest BCUT2D eigenvalue weighted by atomic mass is 9.69. The van der Waals surface area contributed by atoms with Gasteiger partial charge in [0.05, 0.1) is 39.4 Å². The van der Waals surface area contributed by atoms with Gasteiger partial charge in [-0.2, -0.15) is 0 Å². The molecule has 0 spiro atoms. The highest BCUT2D eigenvalue weighted by Gasteiger charge is 2.47. The van der Waals surface area contributed by atoms with Crippen LogP contribution in [0.25, 0.3) is 0 Å². The van der Waals surface area contributed by atoms with E-state index in [1.165, 1.54) is 14.2 Å². The molecule has 0 bridgehead atoms. The van der Waals surface area contributed by atoms with Crippen molar-refractivity contribution in [1.82, 2.24) is 5.32 Å². The Morgan fingerprint density at radius 2 is 1.88 bits per heavy atom. The van der Waals surface area contributed by atoms with Crippen molar-refractivity contribution in [1.29, 1.82) is 0 Å². The summed E-state index contributed by atoms with van der Waals surface area (Å²) in [6, 6.07) is 5.21. The second kappa shape index (κ2) is 9.46. The van der Waals surface area contributed by atoms with Crippen LogP contribution >= 0.6 is 0 Å². The molecule has 0 saturated heterocycles. The summed E-state index contributed by atoms with van der Waals surface area (Å²) in [5, 5.41) is 3.23. The minimum Gasteiger partial charge on any atom is -0.497 e. The number of benzene rings is 1. The van der Waals surface area contributed by atoms with Crippen LogP contribution in [0.4, 0.5) is 0 Å². The molecule has 3 atom stereocenters. The van der Waals surface area contributed by atoms with Crippen molar-refractivity contribution in [2.45, 2.75) is 33.1 Å². The third kappa shape index (κ3) is 3.97. The van der Waals surface area contributed by atoms with Crippen LogP contribution in [0.3, 0.4) is 0 Å². The molecule has 0 fully saturated rings. The minimum atomic E-state index is -0.950. The van der Waals surface area contributed by atoms with Crippen LogP contribution in [-0.4, -0.2) is 45.7 Å². The number of ether oxygens (including phenoxy) is 4. The molecule has 1 N–H and O–H groups in total. The third-order valence-electron chi connectivity index (χ3n) is 5.99. The van der Waals surface area contributed by atoms with Gasteiger partial charge in [0.25, 0.3) is 0 Å². The Kier molecular flexibility index (Phi) is 6.91. The van der Waals surface area contributed by atoms with Crippen LogP contribution in [-0.2, 0) is 23.9 Å². The molecule has 1 aromatic rings. The van der Waals surface area contributed by atoms with Gasteiger partial charge in [-0.05, 0) is 32.3 Å². The molecule has 0 aromatic heterocycles. The van der Waals surface area contributed by atoms with Gasteiger partial charge in [-0.1, -0.05) is 13.0 Å². The monoisotopic (exact) mass is 443 g/mol. The first kappa shape index (κ1) is 23.4. The second-order valence-corrected chi connectivity index (χ2v) is 7.86. The highest BCUT2D eigenvalue weighted by atomic mass is 16.5. The molecule has 2 aliphatic rings. The average molecular weight is 443 g/mol. The fourth-order valence-corrected chi connectivity index (χ4v) is 4.53. The van der Waals surface area contributed by atoms with Gasteiger partial charge in [0.2, 0.25) is 0 Å². The first-order valence-electron chi connectivity index (χ1n) is 10.5. The van der Waals surface area contributed by atoms with E-state index in [4.69, 9.17) is 18.9 Å². The van der Waals surface area contributed by atoms with Crippen molar-refractivity contribution in [2.75, 3.05) is 27.9 Å². The molecule has 172 valence electrons. The number of nitrogens with one attached hydrogen (secondary N) is 1. The van der Waals surface area contributed by atoms with Crippen LogP contribution in [0.1, 0.15) is 38.7 Å². The van der Waals surface area contributed by atoms with Gasteiger partial charge in [-0.3, -0.25) is 9.59 Å².